The van der Waals surface area contributed by atoms with E-state index in [1.165, 1.54) is 70.9 Å². The van der Waals surface area contributed by atoms with E-state index in [-0.39, 0.29) is 0 Å². The smallest absolute Gasteiger partial charge is 0.00977 e. The Hall–Kier alpha value is -0.0400. The van der Waals surface area contributed by atoms with E-state index in [2.05, 4.69) is 18.7 Å². The van der Waals surface area contributed by atoms with Crippen LogP contribution in [0.4, 0.5) is 0 Å². The summed E-state index contributed by atoms with van der Waals surface area (Å²) in [6.07, 6.45) is 13.3. The molecule has 1 nitrogen and oxygen atoms in total. The fourth-order valence-corrected chi connectivity index (χ4v) is 3.81. The van der Waals surface area contributed by atoms with E-state index in [1.54, 1.807) is 0 Å². The molecule has 0 amide bonds. The first-order valence-electron chi connectivity index (χ1n) is 7.99. The van der Waals surface area contributed by atoms with Gasteiger partial charge in [0.25, 0.3) is 0 Å². The van der Waals surface area contributed by atoms with Crippen molar-refractivity contribution in [2.24, 2.45) is 11.8 Å². The first-order valence-corrected chi connectivity index (χ1v) is 7.99. The fraction of sp³-hybridized carbons (Fsp3) is 1.00. The molecule has 0 spiro atoms. The average molecular weight is 237 g/mol. The van der Waals surface area contributed by atoms with E-state index in [1.807, 2.05) is 0 Å². The second-order valence-corrected chi connectivity index (χ2v) is 6.75. The Morgan fingerprint density at radius 3 is 2.41 bits per heavy atom. The van der Waals surface area contributed by atoms with Gasteiger partial charge in [0.1, 0.15) is 0 Å². The summed E-state index contributed by atoms with van der Waals surface area (Å²) in [6.45, 7) is 7.53. The van der Waals surface area contributed by atoms with Crippen molar-refractivity contribution >= 4 is 0 Å². The molecule has 0 aromatic rings. The highest BCUT2D eigenvalue weighted by molar-refractivity contribution is 4.79. The summed E-state index contributed by atoms with van der Waals surface area (Å²) in [7, 11) is 0. The van der Waals surface area contributed by atoms with Crippen LogP contribution in [0.2, 0.25) is 0 Å². The Balaban J connectivity index is 1.74. The number of piperidine rings is 1. The second-order valence-electron chi connectivity index (χ2n) is 6.75. The van der Waals surface area contributed by atoms with Crippen molar-refractivity contribution in [2.75, 3.05) is 13.1 Å². The molecular formula is C16H31N. The molecule has 1 unspecified atom stereocenters. The van der Waals surface area contributed by atoms with Gasteiger partial charge in [-0.1, -0.05) is 46.0 Å². The summed E-state index contributed by atoms with van der Waals surface area (Å²) >= 11 is 0. The zero-order valence-electron chi connectivity index (χ0n) is 12.0. The lowest BCUT2D eigenvalue weighted by Gasteiger charge is -2.37. The highest BCUT2D eigenvalue weighted by atomic mass is 15.2. The van der Waals surface area contributed by atoms with Crippen molar-refractivity contribution < 1.29 is 0 Å². The normalized spacial score (nSPS) is 28.1. The van der Waals surface area contributed by atoms with Gasteiger partial charge < -0.3 is 4.90 Å². The Morgan fingerprint density at radius 1 is 1.00 bits per heavy atom. The molecule has 2 aliphatic rings. The van der Waals surface area contributed by atoms with Gasteiger partial charge in [0.05, 0.1) is 0 Å². The Kier molecular flexibility index (Phi) is 5.34. The Labute approximate surface area is 108 Å². The minimum atomic E-state index is 0.868. The molecule has 1 aliphatic heterocycles. The number of likely N-dealkylation sites (tertiary alicyclic amines) is 1. The van der Waals surface area contributed by atoms with Crippen molar-refractivity contribution in [3.05, 3.63) is 0 Å². The number of nitrogens with zero attached hydrogens (tertiary/aromatic N) is 1. The molecule has 100 valence electrons. The van der Waals surface area contributed by atoms with Crippen LogP contribution in [0, 0.1) is 11.8 Å². The van der Waals surface area contributed by atoms with E-state index in [9.17, 15) is 0 Å². The van der Waals surface area contributed by atoms with Crippen molar-refractivity contribution in [3.8, 4) is 0 Å². The van der Waals surface area contributed by atoms with Gasteiger partial charge in [0.15, 0.2) is 0 Å². The van der Waals surface area contributed by atoms with Crippen LogP contribution in [0.3, 0.4) is 0 Å². The molecule has 1 saturated carbocycles. The van der Waals surface area contributed by atoms with Crippen LogP contribution in [0.15, 0.2) is 0 Å². The fourth-order valence-electron chi connectivity index (χ4n) is 3.81. The predicted molar refractivity (Wildman–Crippen MR) is 75.2 cm³/mol. The topological polar surface area (TPSA) is 3.24 Å². The predicted octanol–water partition coefficient (Wildman–Crippen LogP) is 4.47. The molecule has 2 rings (SSSR count). The third kappa shape index (κ3) is 4.28. The molecule has 17 heavy (non-hydrogen) atoms. The lowest BCUT2D eigenvalue weighted by atomic mass is 9.93. The van der Waals surface area contributed by atoms with Gasteiger partial charge >= 0.3 is 0 Å². The average Bonchev–Trinajstić information content (AvgIpc) is 2.80. The molecule has 1 saturated heterocycles. The summed E-state index contributed by atoms with van der Waals surface area (Å²) in [4.78, 5) is 2.82. The van der Waals surface area contributed by atoms with Crippen LogP contribution in [0.5, 0.6) is 0 Å². The summed E-state index contributed by atoms with van der Waals surface area (Å²) in [5.74, 6) is 1.93. The van der Waals surface area contributed by atoms with Crippen molar-refractivity contribution in [3.63, 3.8) is 0 Å². The quantitative estimate of drug-likeness (QED) is 0.682. The van der Waals surface area contributed by atoms with E-state index < -0.39 is 0 Å². The molecular weight excluding hydrogens is 206 g/mol. The van der Waals surface area contributed by atoms with Gasteiger partial charge in [-0.25, -0.2) is 0 Å². The zero-order valence-corrected chi connectivity index (χ0v) is 12.0. The van der Waals surface area contributed by atoms with Crippen molar-refractivity contribution in [1.29, 1.82) is 0 Å². The van der Waals surface area contributed by atoms with Crippen LogP contribution in [-0.4, -0.2) is 24.0 Å². The van der Waals surface area contributed by atoms with E-state index in [0.717, 1.165) is 17.9 Å². The molecule has 1 heteroatoms. The molecule has 0 bridgehead atoms. The molecule has 0 radical (unpaired) electrons. The van der Waals surface area contributed by atoms with E-state index >= 15 is 0 Å². The second kappa shape index (κ2) is 6.78. The lowest BCUT2D eigenvalue weighted by molar-refractivity contribution is 0.121. The number of hydrogen-bond acceptors (Lipinski definition) is 1. The summed E-state index contributed by atoms with van der Waals surface area (Å²) in [6, 6.07) is 0.908. The van der Waals surface area contributed by atoms with Crippen molar-refractivity contribution in [1.82, 2.24) is 4.90 Å². The van der Waals surface area contributed by atoms with Crippen LogP contribution < -0.4 is 0 Å². The number of rotatable bonds is 5. The molecule has 1 aliphatic carbocycles. The Bertz CT molecular complexity index is 206. The largest absolute Gasteiger partial charge is 0.300 e. The molecule has 0 aromatic heterocycles. The SMILES string of the molecule is CC(C)CC1CCCCN1CCC1CCCC1. The van der Waals surface area contributed by atoms with Gasteiger partial charge in [-0.15, -0.1) is 0 Å². The van der Waals surface area contributed by atoms with E-state index in [0.29, 0.717) is 0 Å². The van der Waals surface area contributed by atoms with Gasteiger partial charge in [-0.05, 0) is 50.6 Å². The zero-order chi connectivity index (χ0) is 12.1. The summed E-state index contributed by atoms with van der Waals surface area (Å²) in [5, 5.41) is 0. The third-order valence-electron chi connectivity index (χ3n) is 4.79. The molecule has 0 N–H and O–H groups in total. The maximum atomic E-state index is 2.82. The molecule has 2 fully saturated rings. The maximum absolute atomic E-state index is 2.82. The van der Waals surface area contributed by atoms with Gasteiger partial charge in [-0.3, -0.25) is 0 Å². The monoisotopic (exact) mass is 237 g/mol. The molecule has 1 heterocycles. The Morgan fingerprint density at radius 2 is 1.71 bits per heavy atom. The first kappa shape index (κ1) is 13.4. The van der Waals surface area contributed by atoms with Crippen LogP contribution in [-0.2, 0) is 0 Å². The van der Waals surface area contributed by atoms with Crippen LogP contribution >= 0.6 is 0 Å². The molecule has 0 aromatic carbocycles. The van der Waals surface area contributed by atoms with Crippen LogP contribution in [0.25, 0.3) is 0 Å². The highest BCUT2D eigenvalue weighted by Gasteiger charge is 2.24. The van der Waals surface area contributed by atoms with Gasteiger partial charge in [0.2, 0.25) is 0 Å². The van der Waals surface area contributed by atoms with Gasteiger partial charge in [-0.2, -0.15) is 0 Å². The standard InChI is InChI=1S/C16H31N/c1-14(2)13-16-9-5-6-11-17(16)12-10-15-7-3-4-8-15/h14-16H,3-13H2,1-2H3. The first-order chi connectivity index (χ1) is 8.25. The third-order valence-corrected chi connectivity index (χ3v) is 4.79. The minimum absolute atomic E-state index is 0.868. The molecule has 1 atom stereocenters. The maximum Gasteiger partial charge on any atom is 0.00977 e. The van der Waals surface area contributed by atoms with Crippen LogP contribution in [0.1, 0.15) is 71.6 Å². The lowest BCUT2D eigenvalue weighted by Crippen LogP contribution is -2.41. The van der Waals surface area contributed by atoms with E-state index in [4.69, 9.17) is 0 Å². The minimum Gasteiger partial charge on any atom is -0.300 e. The summed E-state index contributed by atoms with van der Waals surface area (Å²) < 4.78 is 0. The summed E-state index contributed by atoms with van der Waals surface area (Å²) in [5.41, 5.74) is 0. The highest BCUT2D eigenvalue weighted by Crippen LogP contribution is 2.29. The van der Waals surface area contributed by atoms with Gasteiger partial charge in [0, 0.05) is 6.04 Å². The number of hydrogen-bond donors (Lipinski definition) is 0. The van der Waals surface area contributed by atoms with Crippen molar-refractivity contribution in [2.45, 2.75) is 77.7 Å².